The van der Waals surface area contributed by atoms with Crippen molar-refractivity contribution in [3.8, 4) is 5.75 Å². The number of anilines is 1. The maximum absolute atomic E-state index is 11.7. The summed E-state index contributed by atoms with van der Waals surface area (Å²) in [5.41, 5.74) is 0.547. The number of nitro benzene ring substituents is 1. The van der Waals surface area contributed by atoms with Crippen LogP contribution < -0.4 is 10.6 Å². The van der Waals surface area contributed by atoms with Crippen LogP contribution >= 0.6 is 0 Å². The highest BCUT2D eigenvalue weighted by Crippen LogP contribution is 2.28. The molecule has 3 N–H and O–H groups in total. The Morgan fingerprint density at radius 1 is 1.19 bits per heavy atom. The molecular formula is C14H13N3O4. The topological polar surface area (TPSA) is 104 Å². The Morgan fingerprint density at radius 3 is 2.57 bits per heavy atom. The molecule has 2 amide bonds. The van der Waals surface area contributed by atoms with Crippen molar-refractivity contribution in [2.45, 2.75) is 6.54 Å². The summed E-state index contributed by atoms with van der Waals surface area (Å²) >= 11 is 0. The fourth-order valence-electron chi connectivity index (χ4n) is 1.73. The predicted molar refractivity (Wildman–Crippen MR) is 77.1 cm³/mol. The lowest BCUT2D eigenvalue weighted by atomic mass is 10.2. The van der Waals surface area contributed by atoms with Crippen molar-refractivity contribution >= 4 is 17.4 Å². The van der Waals surface area contributed by atoms with Gasteiger partial charge in [0.25, 0.3) is 5.69 Å². The molecule has 0 bridgehead atoms. The van der Waals surface area contributed by atoms with Crippen molar-refractivity contribution in [2.24, 2.45) is 0 Å². The van der Waals surface area contributed by atoms with Crippen LogP contribution in [-0.4, -0.2) is 16.1 Å². The lowest BCUT2D eigenvalue weighted by Crippen LogP contribution is -2.28. The fourth-order valence-corrected chi connectivity index (χ4v) is 1.73. The van der Waals surface area contributed by atoms with Gasteiger partial charge in [0, 0.05) is 18.7 Å². The summed E-state index contributed by atoms with van der Waals surface area (Å²) in [6, 6.07) is 12.1. The highest BCUT2D eigenvalue weighted by atomic mass is 16.6. The Kier molecular flexibility index (Phi) is 4.35. The molecule has 0 aliphatic heterocycles. The Balaban J connectivity index is 2.02. The first-order valence-corrected chi connectivity index (χ1v) is 6.12. The van der Waals surface area contributed by atoms with Crippen molar-refractivity contribution in [2.75, 3.05) is 5.32 Å². The van der Waals surface area contributed by atoms with Gasteiger partial charge in [-0.1, -0.05) is 30.3 Å². The number of benzene rings is 2. The third-order valence-electron chi connectivity index (χ3n) is 2.72. The van der Waals surface area contributed by atoms with Gasteiger partial charge in [0.1, 0.15) is 11.4 Å². The summed E-state index contributed by atoms with van der Waals surface area (Å²) in [5, 5.41) is 25.1. The van der Waals surface area contributed by atoms with Gasteiger partial charge in [-0.15, -0.1) is 0 Å². The molecule has 0 fully saturated rings. The highest BCUT2D eigenvalue weighted by Gasteiger charge is 2.16. The summed E-state index contributed by atoms with van der Waals surface area (Å²) in [5.74, 6) is -0.168. The monoisotopic (exact) mass is 287 g/mol. The molecule has 0 spiro atoms. The molecule has 0 saturated heterocycles. The van der Waals surface area contributed by atoms with E-state index in [-0.39, 0.29) is 17.1 Å². The first kappa shape index (κ1) is 14.3. The molecule has 2 aromatic carbocycles. The van der Waals surface area contributed by atoms with Gasteiger partial charge in [0.05, 0.1) is 4.92 Å². The quantitative estimate of drug-likeness (QED) is 0.593. The average Bonchev–Trinajstić information content (AvgIpc) is 2.46. The molecule has 0 atom stereocenters. The maximum Gasteiger partial charge on any atom is 0.319 e. The minimum absolute atomic E-state index is 0.0643. The van der Waals surface area contributed by atoms with Crippen LogP contribution in [0.3, 0.4) is 0 Å². The number of nitrogens with one attached hydrogen (secondary N) is 2. The smallest absolute Gasteiger partial charge is 0.319 e. The van der Waals surface area contributed by atoms with E-state index >= 15 is 0 Å². The van der Waals surface area contributed by atoms with Gasteiger partial charge in [-0.05, 0) is 11.6 Å². The van der Waals surface area contributed by atoms with Crippen molar-refractivity contribution in [3.63, 3.8) is 0 Å². The standard InChI is InChI=1S/C14H13N3O4/c18-11-6-7-13(17(20)21)12(8-11)16-14(19)15-9-10-4-2-1-3-5-10/h1-8,18H,9H2,(H2,15,16,19). The molecular weight excluding hydrogens is 274 g/mol. The molecule has 0 heterocycles. The van der Waals surface area contributed by atoms with Crippen LogP contribution in [0.2, 0.25) is 0 Å². The molecule has 0 saturated carbocycles. The number of phenolic OH excluding ortho intramolecular Hbond substituents is 1. The summed E-state index contributed by atoms with van der Waals surface area (Å²) < 4.78 is 0. The first-order valence-electron chi connectivity index (χ1n) is 6.12. The van der Waals surface area contributed by atoms with E-state index in [0.717, 1.165) is 17.7 Å². The van der Waals surface area contributed by atoms with Crippen molar-refractivity contribution < 1.29 is 14.8 Å². The maximum atomic E-state index is 11.7. The summed E-state index contributed by atoms with van der Waals surface area (Å²) in [4.78, 5) is 22.0. The molecule has 21 heavy (non-hydrogen) atoms. The third kappa shape index (κ3) is 3.93. The molecule has 0 unspecified atom stereocenters. The Morgan fingerprint density at radius 2 is 1.90 bits per heavy atom. The van der Waals surface area contributed by atoms with Crippen molar-refractivity contribution in [1.29, 1.82) is 0 Å². The van der Waals surface area contributed by atoms with Crippen LogP contribution in [0, 0.1) is 10.1 Å². The van der Waals surface area contributed by atoms with Crippen molar-refractivity contribution in [1.82, 2.24) is 5.32 Å². The number of amides is 2. The zero-order chi connectivity index (χ0) is 15.2. The van der Waals surface area contributed by atoms with Crippen LogP contribution in [0.1, 0.15) is 5.56 Å². The zero-order valence-corrected chi connectivity index (χ0v) is 10.9. The Labute approximate surface area is 120 Å². The number of carbonyl (C=O) groups is 1. The van der Waals surface area contributed by atoms with Gasteiger partial charge in [-0.25, -0.2) is 4.79 Å². The second-order valence-corrected chi connectivity index (χ2v) is 4.25. The second kappa shape index (κ2) is 6.38. The minimum Gasteiger partial charge on any atom is -0.508 e. The SMILES string of the molecule is O=C(NCc1ccccc1)Nc1cc(O)ccc1[N+](=O)[O-]. The number of urea groups is 1. The lowest BCUT2D eigenvalue weighted by molar-refractivity contribution is -0.383. The van der Waals surface area contributed by atoms with Crippen LogP contribution in [0.15, 0.2) is 48.5 Å². The third-order valence-corrected chi connectivity index (χ3v) is 2.72. The summed E-state index contributed by atoms with van der Waals surface area (Å²) in [7, 11) is 0. The van der Waals surface area contributed by atoms with E-state index in [1.807, 2.05) is 30.3 Å². The second-order valence-electron chi connectivity index (χ2n) is 4.25. The van der Waals surface area contributed by atoms with Gasteiger partial charge >= 0.3 is 6.03 Å². The van der Waals surface area contributed by atoms with E-state index in [9.17, 15) is 20.0 Å². The molecule has 2 aromatic rings. The van der Waals surface area contributed by atoms with Gasteiger partial charge < -0.3 is 15.7 Å². The largest absolute Gasteiger partial charge is 0.508 e. The van der Waals surface area contributed by atoms with Crippen molar-refractivity contribution in [3.05, 3.63) is 64.2 Å². The Bertz CT molecular complexity index is 659. The zero-order valence-electron chi connectivity index (χ0n) is 10.9. The molecule has 0 radical (unpaired) electrons. The molecule has 0 aliphatic rings. The molecule has 7 heteroatoms. The predicted octanol–water partition coefficient (Wildman–Crippen LogP) is 2.62. The van der Waals surface area contributed by atoms with E-state index in [1.54, 1.807) is 0 Å². The first-order chi connectivity index (χ1) is 10.1. The van der Waals surface area contributed by atoms with Gasteiger partial charge in [0.2, 0.25) is 0 Å². The van der Waals surface area contributed by atoms with Crippen LogP contribution in [-0.2, 0) is 6.54 Å². The molecule has 2 rings (SSSR count). The number of hydrogen-bond donors (Lipinski definition) is 3. The van der Waals surface area contributed by atoms with E-state index < -0.39 is 11.0 Å². The number of aromatic hydroxyl groups is 1. The number of phenols is 1. The van der Waals surface area contributed by atoms with Crippen LogP contribution in [0.4, 0.5) is 16.2 Å². The lowest BCUT2D eigenvalue weighted by Gasteiger charge is -2.08. The summed E-state index contributed by atoms with van der Waals surface area (Å²) in [6.45, 7) is 0.291. The van der Waals surface area contributed by atoms with E-state index in [1.165, 1.54) is 6.07 Å². The minimum atomic E-state index is -0.633. The summed E-state index contributed by atoms with van der Waals surface area (Å²) in [6.07, 6.45) is 0. The van der Waals surface area contributed by atoms with E-state index in [0.29, 0.717) is 6.54 Å². The van der Waals surface area contributed by atoms with Gasteiger partial charge in [0.15, 0.2) is 0 Å². The number of nitro groups is 1. The van der Waals surface area contributed by atoms with Gasteiger partial charge in [-0.2, -0.15) is 0 Å². The molecule has 0 aliphatic carbocycles. The fraction of sp³-hybridized carbons (Fsp3) is 0.0714. The normalized spacial score (nSPS) is 9.90. The number of carbonyl (C=O) groups excluding carboxylic acids is 1. The molecule has 0 aromatic heterocycles. The number of nitrogens with zero attached hydrogens (tertiary/aromatic N) is 1. The molecule has 7 nitrogen and oxygen atoms in total. The number of rotatable bonds is 4. The van der Waals surface area contributed by atoms with E-state index in [4.69, 9.17) is 0 Å². The van der Waals surface area contributed by atoms with E-state index in [2.05, 4.69) is 10.6 Å². The number of hydrogen-bond acceptors (Lipinski definition) is 4. The Hall–Kier alpha value is -3.09. The van der Waals surface area contributed by atoms with Crippen LogP contribution in [0.25, 0.3) is 0 Å². The highest BCUT2D eigenvalue weighted by molar-refractivity contribution is 5.92. The van der Waals surface area contributed by atoms with Crippen LogP contribution in [0.5, 0.6) is 5.75 Å². The van der Waals surface area contributed by atoms with Gasteiger partial charge in [-0.3, -0.25) is 10.1 Å². The molecule has 108 valence electrons. The average molecular weight is 287 g/mol.